The minimum atomic E-state index is 0.966. The molecule has 0 rings (SSSR count). The van der Waals surface area contributed by atoms with E-state index in [0.717, 1.165) is 11.8 Å². The molecule has 0 aliphatic carbocycles. The lowest BCUT2D eigenvalue weighted by Crippen LogP contribution is -2.02. The van der Waals surface area contributed by atoms with Gasteiger partial charge in [0.15, 0.2) is 0 Å². The van der Waals surface area contributed by atoms with Gasteiger partial charge in [-0.1, -0.05) is 378 Å². The Hall–Kier alpha value is -0.700. The molecule has 0 spiro atoms. The quantitative estimate of drug-likeness (QED) is 0.0324. The number of unbranched alkanes of at least 4 members (excludes halogenated alkanes) is 33. The first-order valence-electron chi connectivity index (χ1n) is 31.4. The van der Waals surface area contributed by atoms with Crippen molar-refractivity contribution in [3.8, 4) is 12.8 Å². The Morgan fingerprint density at radius 3 is 0.712 bits per heavy atom. The van der Waals surface area contributed by atoms with Crippen LogP contribution in [-0.2, 0) is 0 Å². The molecule has 0 heteroatoms. The van der Waals surface area contributed by atoms with Gasteiger partial charge in [-0.2, -0.15) is 0 Å². The predicted octanol–water partition coefficient (Wildman–Crippen LogP) is 25.9. The third-order valence-electron chi connectivity index (χ3n) is 13.7. The van der Waals surface area contributed by atoms with Gasteiger partial charge >= 0.3 is 0 Å². The van der Waals surface area contributed by atoms with Gasteiger partial charge in [0.2, 0.25) is 0 Å². The Morgan fingerprint density at radius 2 is 0.470 bits per heavy atom. The maximum Gasteiger partial charge on any atom is -0.0320 e. The first-order valence-corrected chi connectivity index (χ1v) is 31.4. The van der Waals surface area contributed by atoms with E-state index in [1.807, 2.05) is 13.8 Å². The fourth-order valence-electron chi connectivity index (χ4n) is 8.73. The van der Waals surface area contributed by atoms with E-state index < -0.39 is 0 Å². The molecule has 0 saturated carbocycles. The molecule has 0 bridgehead atoms. The van der Waals surface area contributed by atoms with E-state index in [1.165, 1.54) is 314 Å². The summed E-state index contributed by atoms with van der Waals surface area (Å²) in [6, 6.07) is 0. The standard InChI is InChI=1S/C29H58.C17H36.C12H26.C4H10.C2H6.C2H2/c1-5-8-11-14-16-17-18-20-23-28(4)26-27-29(24-21-13-10-7-3)25-22-19-15-12-9-6-2;1-4-7-9-11-12-14-16-17(6-3)15-13-10-8-5-2;1-3-5-7-9-11-12-10-8-6-4-2;1-3-4-2;2*1-2/h29H,4-27H2,1-3H3;17H,4-16H2,1-3H3;3-12H2,1-2H3;3-4H2,1-2H3;1-2H3;1-2H. The number of terminal acetylenes is 1. The first kappa shape index (κ1) is 76.8. The molecule has 0 nitrogen and oxygen atoms in total. The van der Waals surface area contributed by atoms with Gasteiger partial charge in [-0.25, -0.2) is 0 Å². The van der Waals surface area contributed by atoms with Gasteiger partial charge in [0.05, 0.1) is 0 Å². The van der Waals surface area contributed by atoms with Crippen molar-refractivity contribution in [2.45, 2.75) is 391 Å². The minimum absolute atomic E-state index is 0.966. The van der Waals surface area contributed by atoms with Crippen molar-refractivity contribution in [3.05, 3.63) is 12.2 Å². The SMILES string of the molecule is C#C.C=C(CCCCCCCCCC)CCC(CCCCCC)CCCCCCCC.CC.CCCC.CCCCCCCCC(CC)CCCCCC.CCCCCCCCCCCC. The third-order valence-corrected chi connectivity index (χ3v) is 13.7. The smallest absolute Gasteiger partial charge is 0.0320 e. The lowest BCUT2D eigenvalue weighted by molar-refractivity contribution is 0.380. The number of rotatable bonds is 47. The highest BCUT2D eigenvalue weighted by Crippen LogP contribution is 2.26. The third kappa shape index (κ3) is 83.3. The monoisotopic (exact) mass is 931 g/mol. The van der Waals surface area contributed by atoms with E-state index in [2.05, 4.69) is 88.7 Å². The van der Waals surface area contributed by atoms with Crippen LogP contribution in [0.5, 0.6) is 0 Å². The normalized spacial score (nSPS) is 11.2. The van der Waals surface area contributed by atoms with Gasteiger partial charge in [0.1, 0.15) is 0 Å². The second-order valence-corrected chi connectivity index (χ2v) is 20.3. The van der Waals surface area contributed by atoms with Crippen LogP contribution in [0.25, 0.3) is 0 Å². The summed E-state index contributed by atoms with van der Waals surface area (Å²) in [6.07, 6.45) is 76.6. The summed E-state index contributed by atoms with van der Waals surface area (Å²) in [4.78, 5) is 0. The predicted molar refractivity (Wildman–Crippen MR) is 316 cm³/mol. The average molecular weight is 932 g/mol. The molecule has 0 aromatic rings. The van der Waals surface area contributed by atoms with Crippen LogP contribution < -0.4 is 0 Å². The fourth-order valence-corrected chi connectivity index (χ4v) is 8.73. The molecule has 0 saturated heterocycles. The summed E-state index contributed by atoms with van der Waals surface area (Å²) < 4.78 is 0. The molecule has 2 atom stereocenters. The van der Waals surface area contributed by atoms with Crippen molar-refractivity contribution in [3.63, 3.8) is 0 Å². The van der Waals surface area contributed by atoms with Crippen LogP contribution in [0.4, 0.5) is 0 Å². The molecule has 402 valence electrons. The summed E-state index contributed by atoms with van der Waals surface area (Å²) in [6.45, 7) is 31.3. The molecule has 0 heterocycles. The molecule has 0 aliphatic rings. The molecule has 0 fully saturated rings. The molecule has 2 unspecified atom stereocenters. The van der Waals surface area contributed by atoms with Crippen LogP contribution in [0.3, 0.4) is 0 Å². The Morgan fingerprint density at radius 1 is 0.258 bits per heavy atom. The van der Waals surface area contributed by atoms with E-state index in [-0.39, 0.29) is 0 Å². The zero-order valence-corrected chi connectivity index (χ0v) is 49.5. The van der Waals surface area contributed by atoms with Gasteiger partial charge in [0.25, 0.3) is 0 Å². The van der Waals surface area contributed by atoms with E-state index in [4.69, 9.17) is 0 Å². The summed E-state index contributed by atoms with van der Waals surface area (Å²) >= 11 is 0. The van der Waals surface area contributed by atoms with Gasteiger partial charge in [-0.05, 0) is 37.5 Å². The topological polar surface area (TPSA) is 0 Å². The highest BCUT2D eigenvalue weighted by Gasteiger charge is 2.10. The largest absolute Gasteiger partial charge is 0.124 e. The summed E-state index contributed by atoms with van der Waals surface area (Å²) in [5, 5.41) is 0. The van der Waals surface area contributed by atoms with E-state index in [0.29, 0.717) is 0 Å². The zero-order chi connectivity index (χ0) is 50.7. The molecule has 0 radical (unpaired) electrons. The summed E-state index contributed by atoms with van der Waals surface area (Å²) in [5.74, 6) is 1.99. The van der Waals surface area contributed by atoms with Crippen molar-refractivity contribution in [2.24, 2.45) is 11.8 Å². The minimum Gasteiger partial charge on any atom is -0.124 e. The van der Waals surface area contributed by atoms with Crippen LogP contribution >= 0.6 is 0 Å². The fraction of sp³-hybridized carbons (Fsp3) is 0.939. The lowest BCUT2D eigenvalue weighted by Gasteiger charge is -2.18. The Bertz CT molecular complexity index is 732. The maximum absolute atomic E-state index is 4.42. The zero-order valence-electron chi connectivity index (χ0n) is 49.5. The second kappa shape index (κ2) is 81.3. The maximum atomic E-state index is 4.42. The number of allylic oxidation sites excluding steroid dienone is 1. The Kier molecular flexibility index (Phi) is 94.6. The van der Waals surface area contributed by atoms with Crippen molar-refractivity contribution >= 4 is 0 Å². The van der Waals surface area contributed by atoms with Gasteiger partial charge in [0, 0.05) is 0 Å². The summed E-state index contributed by atoms with van der Waals surface area (Å²) in [7, 11) is 0. The first-order chi connectivity index (χ1) is 32.4. The molecular weight excluding hydrogens is 793 g/mol. The van der Waals surface area contributed by atoms with E-state index >= 15 is 0 Å². The van der Waals surface area contributed by atoms with Gasteiger partial charge in [-0.3, -0.25) is 0 Å². The molecule has 0 N–H and O–H groups in total. The van der Waals surface area contributed by atoms with E-state index in [1.54, 1.807) is 0 Å². The average Bonchev–Trinajstić information content (AvgIpc) is 3.35. The van der Waals surface area contributed by atoms with Crippen molar-refractivity contribution < 1.29 is 0 Å². The lowest BCUT2D eigenvalue weighted by atomic mass is 9.88. The van der Waals surface area contributed by atoms with Gasteiger partial charge < -0.3 is 0 Å². The molecule has 66 heavy (non-hydrogen) atoms. The molecular formula is C66H138. The second-order valence-electron chi connectivity index (χ2n) is 20.3. The Balaban J connectivity index is -0.000000205. The molecule has 0 aromatic heterocycles. The van der Waals surface area contributed by atoms with Crippen LogP contribution in [-0.4, -0.2) is 0 Å². The van der Waals surface area contributed by atoms with E-state index in [9.17, 15) is 0 Å². The van der Waals surface area contributed by atoms with Crippen LogP contribution in [0, 0.1) is 24.7 Å². The van der Waals surface area contributed by atoms with Crippen LogP contribution in [0.2, 0.25) is 0 Å². The van der Waals surface area contributed by atoms with Crippen LogP contribution in [0.15, 0.2) is 12.2 Å². The number of hydrogen-bond acceptors (Lipinski definition) is 0. The van der Waals surface area contributed by atoms with Crippen molar-refractivity contribution in [1.82, 2.24) is 0 Å². The Labute approximate surface area is 426 Å². The van der Waals surface area contributed by atoms with Crippen molar-refractivity contribution in [2.75, 3.05) is 0 Å². The van der Waals surface area contributed by atoms with Crippen molar-refractivity contribution in [1.29, 1.82) is 0 Å². The summed E-state index contributed by atoms with van der Waals surface area (Å²) in [5.41, 5.74) is 1.54. The van der Waals surface area contributed by atoms with Gasteiger partial charge in [-0.15, -0.1) is 12.8 Å². The highest BCUT2D eigenvalue weighted by molar-refractivity contribution is 4.94. The molecule has 0 aromatic carbocycles. The van der Waals surface area contributed by atoms with Crippen LogP contribution in [0.1, 0.15) is 391 Å². The number of hydrogen-bond donors (Lipinski definition) is 0. The molecule has 0 aliphatic heterocycles. The molecule has 0 amide bonds. The highest BCUT2D eigenvalue weighted by atomic mass is 14.2.